The van der Waals surface area contributed by atoms with Crippen LogP contribution in [0.5, 0.6) is 0 Å². The highest BCUT2D eigenvalue weighted by atomic mass is 32.2. The van der Waals surface area contributed by atoms with Crippen LogP contribution in [0, 0.1) is 0 Å². The maximum absolute atomic E-state index is 13.6. The van der Waals surface area contributed by atoms with E-state index in [0.717, 1.165) is 6.92 Å². The molecule has 4 atom stereocenters. The van der Waals surface area contributed by atoms with Gasteiger partial charge in [-0.25, -0.2) is 8.42 Å². The summed E-state index contributed by atoms with van der Waals surface area (Å²) in [6, 6.07) is 11.8. The summed E-state index contributed by atoms with van der Waals surface area (Å²) in [5, 5.41) is 20.4. The molecule has 0 amide bonds. The number of sulfonamides is 1. The van der Waals surface area contributed by atoms with Crippen LogP contribution in [0.1, 0.15) is 25.3 Å². The number of hydrogen-bond donors (Lipinski definition) is 3. The summed E-state index contributed by atoms with van der Waals surface area (Å²) in [4.78, 5) is 4.77. The molecule has 0 aromatic heterocycles. The fraction of sp³-hybridized carbons (Fsp3) is 0.556. The number of anilines is 1. The van der Waals surface area contributed by atoms with Gasteiger partial charge in [0, 0.05) is 48.8 Å². The molecule has 0 saturated carbocycles. The zero-order chi connectivity index (χ0) is 28.9. The first-order valence-corrected chi connectivity index (χ1v) is 15.1. The zero-order valence-corrected chi connectivity index (χ0v) is 23.7. The van der Waals surface area contributed by atoms with Gasteiger partial charge in [0.2, 0.25) is 10.0 Å². The molecule has 2 bridgehead atoms. The maximum atomic E-state index is 13.6. The Bertz CT molecular complexity index is 1300. The molecule has 8 nitrogen and oxygen atoms in total. The fourth-order valence-electron chi connectivity index (χ4n) is 6.00. The molecule has 0 spiro atoms. The number of ether oxygens (including phenoxy) is 1. The molecule has 2 aromatic rings. The lowest BCUT2D eigenvalue weighted by Gasteiger charge is -2.51. The number of fused-ring (bicyclic) bond motifs is 2. The van der Waals surface area contributed by atoms with Crippen LogP contribution in [-0.4, -0.2) is 97.6 Å². The first-order chi connectivity index (χ1) is 18.8. The van der Waals surface area contributed by atoms with Crippen LogP contribution < -0.4 is 4.90 Å². The van der Waals surface area contributed by atoms with Crippen molar-refractivity contribution in [2.24, 2.45) is 0 Å². The molecule has 13 heteroatoms. The van der Waals surface area contributed by atoms with E-state index < -0.39 is 27.9 Å². The van der Waals surface area contributed by atoms with E-state index >= 15 is 0 Å². The van der Waals surface area contributed by atoms with Crippen molar-refractivity contribution >= 4 is 28.3 Å². The molecule has 2 N–H and O–H groups in total. The lowest BCUT2D eigenvalue weighted by atomic mass is 9.91. The summed E-state index contributed by atoms with van der Waals surface area (Å²) in [5.74, 6) is 0. The van der Waals surface area contributed by atoms with Gasteiger partial charge in [-0.1, -0.05) is 24.3 Å². The number of rotatable bonds is 6. The van der Waals surface area contributed by atoms with Gasteiger partial charge in [-0.2, -0.15) is 17.5 Å². The van der Waals surface area contributed by atoms with E-state index in [1.807, 2.05) is 4.90 Å². The van der Waals surface area contributed by atoms with E-state index in [1.54, 1.807) is 30.3 Å². The molecule has 2 aromatic carbocycles. The normalized spacial score (nSPS) is 28.3. The van der Waals surface area contributed by atoms with Crippen LogP contribution >= 0.6 is 12.6 Å². The maximum Gasteiger partial charge on any atom is 0.421 e. The van der Waals surface area contributed by atoms with E-state index in [1.165, 1.54) is 22.5 Å². The number of aliphatic hydroxyl groups excluding tert-OH is 1. The Morgan fingerprint density at radius 3 is 2.25 bits per heavy atom. The third-order valence-electron chi connectivity index (χ3n) is 8.31. The van der Waals surface area contributed by atoms with E-state index in [-0.39, 0.29) is 41.7 Å². The number of morpholine rings is 1. The third-order valence-corrected chi connectivity index (χ3v) is 10.8. The van der Waals surface area contributed by atoms with Crippen LogP contribution in [0.4, 0.5) is 18.9 Å². The summed E-state index contributed by atoms with van der Waals surface area (Å²) in [7, 11) is -3.85. The number of piperidine rings is 1. The summed E-state index contributed by atoms with van der Waals surface area (Å²) < 4.78 is 74.6. The zero-order valence-electron chi connectivity index (χ0n) is 22.0. The molecule has 3 unspecified atom stereocenters. The highest BCUT2D eigenvalue weighted by Crippen LogP contribution is 2.39. The Hall–Kier alpha value is -1.87. The molecule has 3 fully saturated rings. The highest BCUT2D eigenvalue weighted by molar-refractivity contribution is 7.90. The second-order valence-corrected chi connectivity index (χ2v) is 13.4. The topological polar surface area (TPSA) is 93.6 Å². The van der Waals surface area contributed by atoms with Crippen molar-refractivity contribution in [3.63, 3.8) is 0 Å². The van der Waals surface area contributed by atoms with Gasteiger partial charge in [0.05, 0.1) is 30.3 Å². The van der Waals surface area contributed by atoms with Crippen molar-refractivity contribution in [1.29, 1.82) is 0 Å². The molecular weight excluding hydrogens is 567 g/mol. The average Bonchev–Trinajstić information content (AvgIpc) is 2.89. The van der Waals surface area contributed by atoms with Crippen molar-refractivity contribution in [3.05, 3.63) is 54.1 Å². The summed E-state index contributed by atoms with van der Waals surface area (Å²) in [6.45, 7) is 2.80. The first kappa shape index (κ1) is 29.6. The van der Waals surface area contributed by atoms with Crippen LogP contribution in [0.15, 0.2) is 58.3 Å². The van der Waals surface area contributed by atoms with Crippen LogP contribution in [-0.2, 0) is 20.4 Å². The van der Waals surface area contributed by atoms with Gasteiger partial charge in [0.15, 0.2) is 5.60 Å². The summed E-state index contributed by atoms with van der Waals surface area (Å²) in [5.41, 5.74) is -2.63. The number of thiol groups is 1. The molecule has 3 saturated heterocycles. The Morgan fingerprint density at radius 2 is 1.65 bits per heavy atom. The largest absolute Gasteiger partial charge is 0.421 e. The van der Waals surface area contributed by atoms with Crippen LogP contribution in [0.3, 0.4) is 0 Å². The fourth-order valence-corrected chi connectivity index (χ4v) is 8.06. The van der Waals surface area contributed by atoms with E-state index in [9.17, 15) is 31.8 Å². The standard InChI is InChI=1S/C27H34F3N3O5S2/c1-26(35,27(28,29)30)18-6-8-19(9-7-18)32-11-10-31(40(36,37)25-5-3-2-4-24(25)39)14-22(32)15-33-20-12-23(34)13-21(33)17-38-16-20/h2-9,20-23,34-35,39H,10-17H2,1H3/t20?,21?,22-,23?,26?/m1/s1. The number of hydrogen-bond acceptors (Lipinski definition) is 8. The first-order valence-electron chi connectivity index (χ1n) is 13.2. The second-order valence-electron chi connectivity index (χ2n) is 11.0. The minimum absolute atomic E-state index is 0.0150. The number of benzene rings is 2. The molecule has 3 aliphatic heterocycles. The molecule has 3 heterocycles. The van der Waals surface area contributed by atoms with Crippen molar-refractivity contribution in [2.45, 2.75) is 65.6 Å². The lowest BCUT2D eigenvalue weighted by Crippen LogP contribution is -2.64. The Morgan fingerprint density at radius 1 is 1.02 bits per heavy atom. The van der Waals surface area contributed by atoms with Crippen molar-refractivity contribution in [1.82, 2.24) is 9.21 Å². The van der Waals surface area contributed by atoms with Crippen molar-refractivity contribution in [3.8, 4) is 0 Å². The minimum atomic E-state index is -4.83. The Kier molecular flexibility index (Phi) is 8.21. The summed E-state index contributed by atoms with van der Waals surface area (Å²) >= 11 is 4.36. The molecule has 5 rings (SSSR count). The number of nitrogens with zero attached hydrogens (tertiary/aromatic N) is 3. The van der Waals surface area contributed by atoms with Gasteiger partial charge in [-0.15, -0.1) is 12.6 Å². The molecular formula is C27H34F3N3O5S2. The van der Waals surface area contributed by atoms with Gasteiger partial charge < -0.3 is 19.8 Å². The monoisotopic (exact) mass is 601 g/mol. The van der Waals surface area contributed by atoms with Gasteiger partial charge in [0.1, 0.15) is 0 Å². The summed E-state index contributed by atoms with van der Waals surface area (Å²) in [6.07, 6.45) is -4.15. The second kappa shape index (κ2) is 11.1. The Balaban J connectivity index is 1.45. The van der Waals surface area contributed by atoms with Gasteiger partial charge >= 0.3 is 6.18 Å². The van der Waals surface area contributed by atoms with Gasteiger partial charge in [0.25, 0.3) is 0 Å². The van der Waals surface area contributed by atoms with Crippen molar-refractivity contribution in [2.75, 3.05) is 44.3 Å². The van der Waals surface area contributed by atoms with E-state index in [2.05, 4.69) is 17.5 Å². The van der Waals surface area contributed by atoms with Crippen molar-refractivity contribution < 1.29 is 36.5 Å². The quantitative estimate of drug-likeness (QED) is 0.439. The third kappa shape index (κ3) is 5.61. The Labute approximate surface area is 237 Å². The van der Waals surface area contributed by atoms with E-state index in [4.69, 9.17) is 4.74 Å². The number of alkyl halides is 3. The highest BCUT2D eigenvalue weighted by Gasteiger charge is 2.51. The lowest BCUT2D eigenvalue weighted by molar-refractivity contribution is -0.258. The smallest absolute Gasteiger partial charge is 0.393 e. The predicted molar refractivity (Wildman–Crippen MR) is 146 cm³/mol. The predicted octanol–water partition coefficient (Wildman–Crippen LogP) is 2.85. The molecule has 0 radical (unpaired) electrons. The number of halogens is 3. The average molecular weight is 602 g/mol. The molecule has 3 aliphatic rings. The molecule has 0 aliphatic carbocycles. The minimum Gasteiger partial charge on any atom is -0.393 e. The van der Waals surface area contributed by atoms with Gasteiger partial charge in [-0.05, 0) is 49.6 Å². The van der Waals surface area contributed by atoms with Crippen LogP contribution in [0.25, 0.3) is 0 Å². The van der Waals surface area contributed by atoms with E-state index in [0.29, 0.717) is 49.7 Å². The number of aliphatic hydroxyl groups is 2. The van der Waals surface area contributed by atoms with Gasteiger partial charge in [-0.3, -0.25) is 4.90 Å². The SMILES string of the molecule is CC(O)(c1ccc(N2CCN(S(=O)(=O)c3ccccc3S)C[C@@H]2CN2C3COCC2CC(O)C3)cc1)C(F)(F)F. The molecule has 40 heavy (non-hydrogen) atoms. The molecule has 220 valence electrons. The number of piperazine rings is 1. The van der Waals surface area contributed by atoms with Crippen LogP contribution in [0.2, 0.25) is 0 Å².